The van der Waals surface area contributed by atoms with Gasteiger partial charge in [0.15, 0.2) is 11.6 Å². The van der Waals surface area contributed by atoms with E-state index < -0.39 is 0 Å². The molecular formula is C31H39FN2O3. The topological polar surface area (TPSA) is 54.0 Å². The number of likely N-dealkylation sites (N-methyl/N-ethyl adjacent to an activating group) is 1. The Labute approximate surface area is 220 Å². The Morgan fingerprint density at radius 3 is 2.62 bits per heavy atom. The molecule has 198 valence electrons. The summed E-state index contributed by atoms with van der Waals surface area (Å²) in [4.78, 5) is 2.25. The van der Waals surface area contributed by atoms with Crippen molar-refractivity contribution in [1.82, 2.24) is 4.90 Å². The van der Waals surface area contributed by atoms with Gasteiger partial charge in [-0.05, 0) is 97.3 Å². The highest BCUT2D eigenvalue weighted by atomic mass is 19.1. The summed E-state index contributed by atoms with van der Waals surface area (Å²) in [6, 6.07) is 17.2. The zero-order chi connectivity index (χ0) is 26.2. The van der Waals surface area contributed by atoms with Gasteiger partial charge < -0.3 is 24.8 Å². The van der Waals surface area contributed by atoms with Crippen molar-refractivity contribution in [2.75, 3.05) is 45.2 Å². The molecule has 0 amide bonds. The van der Waals surface area contributed by atoms with Crippen molar-refractivity contribution in [2.24, 2.45) is 0 Å². The van der Waals surface area contributed by atoms with E-state index in [2.05, 4.69) is 36.2 Å². The fourth-order valence-corrected chi connectivity index (χ4v) is 5.16. The first-order chi connectivity index (χ1) is 18.0. The first kappa shape index (κ1) is 26.8. The van der Waals surface area contributed by atoms with Gasteiger partial charge in [-0.3, -0.25) is 0 Å². The number of phenols is 1. The number of fused-ring (bicyclic) bond motifs is 1. The Morgan fingerprint density at radius 1 is 1.03 bits per heavy atom. The lowest BCUT2D eigenvalue weighted by Crippen LogP contribution is -2.28. The molecule has 0 aliphatic heterocycles. The quantitative estimate of drug-likeness (QED) is 0.307. The third kappa shape index (κ3) is 6.95. The van der Waals surface area contributed by atoms with E-state index in [4.69, 9.17) is 9.47 Å². The molecule has 0 radical (unpaired) electrons. The van der Waals surface area contributed by atoms with Gasteiger partial charge in [0.25, 0.3) is 0 Å². The van der Waals surface area contributed by atoms with Gasteiger partial charge in [0.2, 0.25) is 0 Å². The number of benzene rings is 3. The van der Waals surface area contributed by atoms with Crippen LogP contribution in [0.1, 0.15) is 48.4 Å². The average molecular weight is 507 g/mol. The van der Waals surface area contributed by atoms with Crippen molar-refractivity contribution in [2.45, 2.75) is 45.4 Å². The summed E-state index contributed by atoms with van der Waals surface area (Å²) in [5.74, 6) is 1.52. The molecule has 1 atom stereocenters. The van der Waals surface area contributed by atoms with Crippen LogP contribution in [0.25, 0.3) is 0 Å². The van der Waals surface area contributed by atoms with Crippen LogP contribution in [-0.4, -0.2) is 49.9 Å². The molecule has 0 unspecified atom stereocenters. The van der Waals surface area contributed by atoms with E-state index in [1.807, 2.05) is 24.3 Å². The molecule has 0 spiro atoms. The van der Waals surface area contributed by atoms with Crippen LogP contribution in [0.15, 0.2) is 54.6 Å². The van der Waals surface area contributed by atoms with Crippen LogP contribution in [0, 0.1) is 5.82 Å². The lowest BCUT2D eigenvalue weighted by molar-refractivity contribution is 0.217. The largest absolute Gasteiger partial charge is 0.508 e. The second-order valence-electron chi connectivity index (χ2n) is 9.66. The minimum absolute atomic E-state index is 0.310. The Bertz CT molecular complexity index is 1180. The van der Waals surface area contributed by atoms with Crippen LogP contribution >= 0.6 is 0 Å². The van der Waals surface area contributed by atoms with Gasteiger partial charge in [-0.2, -0.15) is 0 Å². The highest BCUT2D eigenvalue weighted by molar-refractivity contribution is 5.58. The lowest BCUT2D eigenvalue weighted by atomic mass is 9.79. The Hall–Kier alpha value is -3.25. The number of nitrogens with one attached hydrogen (secondary N) is 1. The van der Waals surface area contributed by atoms with Gasteiger partial charge in [-0.1, -0.05) is 32.0 Å². The first-order valence-electron chi connectivity index (χ1n) is 13.4. The molecule has 1 aliphatic carbocycles. The molecule has 0 saturated heterocycles. The fraction of sp³-hybridized carbons (Fsp3) is 0.419. The van der Waals surface area contributed by atoms with Crippen molar-refractivity contribution < 1.29 is 19.0 Å². The smallest absolute Gasteiger partial charge is 0.165 e. The van der Waals surface area contributed by atoms with Crippen molar-refractivity contribution in [1.29, 1.82) is 0 Å². The highest BCUT2D eigenvalue weighted by Gasteiger charge is 2.23. The number of aromatic hydroxyl groups is 1. The standard InChI is InChI=1S/C31H39FN2O3/c1-4-34(5-2)16-17-37-31-13-6-22(18-29(31)32)14-15-33-30-21-27(36-3)11-12-28(30)25-8-7-24-20-26(35)10-9-23(24)19-25/h6,9-13,18,20-21,25,33,35H,4-5,7-8,14-17,19H2,1-3H3/t25-/m1/s1. The Kier molecular flexibility index (Phi) is 9.29. The zero-order valence-electron chi connectivity index (χ0n) is 22.2. The third-order valence-corrected chi connectivity index (χ3v) is 7.40. The molecular weight excluding hydrogens is 467 g/mol. The molecule has 0 fully saturated rings. The Morgan fingerprint density at radius 2 is 1.86 bits per heavy atom. The van der Waals surface area contributed by atoms with Crippen LogP contribution < -0.4 is 14.8 Å². The predicted molar refractivity (Wildman–Crippen MR) is 148 cm³/mol. The molecule has 0 aromatic heterocycles. The summed E-state index contributed by atoms with van der Waals surface area (Å²) in [5, 5.41) is 13.4. The molecule has 1 aliphatic rings. The van der Waals surface area contributed by atoms with Gasteiger partial charge in [0, 0.05) is 24.8 Å². The number of halogens is 1. The number of hydrogen-bond acceptors (Lipinski definition) is 5. The van der Waals surface area contributed by atoms with Crippen LogP contribution in [0.4, 0.5) is 10.1 Å². The summed E-state index contributed by atoms with van der Waals surface area (Å²) in [6.45, 7) is 8.09. The lowest BCUT2D eigenvalue weighted by Gasteiger charge is -2.27. The predicted octanol–water partition coefficient (Wildman–Crippen LogP) is 6.19. The molecule has 0 bridgehead atoms. The average Bonchev–Trinajstić information content (AvgIpc) is 2.92. The van der Waals surface area contributed by atoms with E-state index in [1.54, 1.807) is 25.3 Å². The van der Waals surface area contributed by atoms with E-state index in [9.17, 15) is 9.50 Å². The number of ether oxygens (including phenoxy) is 2. The van der Waals surface area contributed by atoms with Crippen molar-refractivity contribution in [3.8, 4) is 17.2 Å². The SMILES string of the molecule is CCN(CC)CCOc1ccc(CCNc2cc(OC)ccc2[C@@H]2CCc3cc(O)ccc3C2)cc1F. The number of methoxy groups -OCH3 is 1. The maximum absolute atomic E-state index is 14.6. The number of hydrogen-bond donors (Lipinski definition) is 2. The third-order valence-electron chi connectivity index (χ3n) is 7.40. The van der Waals surface area contributed by atoms with Gasteiger partial charge in [0.1, 0.15) is 18.1 Å². The molecule has 0 saturated carbocycles. The molecule has 2 N–H and O–H groups in total. The monoisotopic (exact) mass is 506 g/mol. The summed E-state index contributed by atoms with van der Waals surface area (Å²) in [6.07, 6.45) is 3.61. The second-order valence-corrected chi connectivity index (χ2v) is 9.66. The van der Waals surface area contributed by atoms with E-state index in [1.165, 1.54) is 16.7 Å². The Balaban J connectivity index is 1.38. The fourth-order valence-electron chi connectivity index (χ4n) is 5.16. The number of nitrogens with zero attached hydrogens (tertiary/aromatic N) is 1. The van der Waals surface area contributed by atoms with Crippen LogP contribution in [0.3, 0.4) is 0 Å². The van der Waals surface area contributed by atoms with E-state index in [0.29, 0.717) is 37.0 Å². The number of anilines is 1. The van der Waals surface area contributed by atoms with Gasteiger partial charge >= 0.3 is 0 Å². The molecule has 37 heavy (non-hydrogen) atoms. The van der Waals surface area contributed by atoms with Gasteiger partial charge in [-0.15, -0.1) is 0 Å². The van der Waals surface area contributed by atoms with Crippen molar-refractivity contribution in [3.05, 3.63) is 82.7 Å². The molecule has 6 heteroatoms. The highest BCUT2D eigenvalue weighted by Crippen LogP contribution is 2.38. The van der Waals surface area contributed by atoms with E-state index in [0.717, 1.165) is 55.9 Å². The maximum atomic E-state index is 14.6. The van der Waals surface area contributed by atoms with E-state index in [-0.39, 0.29) is 5.82 Å². The number of aryl methyl sites for hydroxylation is 1. The molecule has 4 rings (SSSR count). The maximum Gasteiger partial charge on any atom is 0.165 e. The molecule has 0 heterocycles. The summed E-state index contributed by atoms with van der Waals surface area (Å²) in [5.41, 5.74) is 5.79. The first-order valence-corrected chi connectivity index (χ1v) is 13.4. The minimum atomic E-state index is -0.314. The molecule has 3 aromatic rings. The second kappa shape index (κ2) is 12.8. The zero-order valence-corrected chi connectivity index (χ0v) is 22.2. The van der Waals surface area contributed by atoms with Gasteiger partial charge in [0.05, 0.1) is 7.11 Å². The van der Waals surface area contributed by atoms with Crippen molar-refractivity contribution in [3.63, 3.8) is 0 Å². The van der Waals surface area contributed by atoms with Crippen LogP contribution in [-0.2, 0) is 19.3 Å². The number of phenolic OH excluding ortho intramolecular Hbond substituents is 1. The minimum Gasteiger partial charge on any atom is -0.508 e. The van der Waals surface area contributed by atoms with E-state index >= 15 is 0 Å². The van der Waals surface area contributed by atoms with Crippen molar-refractivity contribution >= 4 is 5.69 Å². The van der Waals surface area contributed by atoms with Crippen LogP contribution in [0.2, 0.25) is 0 Å². The van der Waals surface area contributed by atoms with Crippen LogP contribution in [0.5, 0.6) is 17.2 Å². The normalized spacial score (nSPS) is 14.9. The summed E-state index contributed by atoms with van der Waals surface area (Å²) >= 11 is 0. The summed E-state index contributed by atoms with van der Waals surface area (Å²) in [7, 11) is 1.68. The number of rotatable bonds is 12. The molecule has 3 aromatic carbocycles. The summed E-state index contributed by atoms with van der Waals surface area (Å²) < 4.78 is 25.8. The molecule has 5 nitrogen and oxygen atoms in total. The van der Waals surface area contributed by atoms with Gasteiger partial charge in [-0.25, -0.2) is 4.39 Å².